The van der Waals surface area contributed by atoms with Gasteiger partial charge in [-0.15, -0.1) is 0 Å². The zero-order valence-electron chi connectivity index (χ0n) is 8.64. The van der Waals surface area contributed by atoms with Crippen molar-refractivity contribution in [3.05, 3.63) is 46.7 Å². The molecule has 0 amide bonds. The van der Waals surface area contributed by atoms with Crippen LogP contribution in [0.1, 0.15) is 16.1 Å². The topological polar surface area (TPSA) is 60.9 Å². The fraction of sp³-hybridized carbons (Fsp3) is 0.0909. The van der Waals surface area contributed by atoms with E-state index in [1.165, 1.54) is 4.68 Å². The molecule has 1 aromatic heterocycles. The van der Waals surface area contributed by atoms with Crippen molar-refractivity contribution >= 4 is 23.1 Å². The third-order valence-corrected chi connectivity index (χ3v) is 2.55. The molecule has 0 bridgehead atoms. The standard InChI is InChI=1S/C11H10ClN3O/c1-15-10(4-5-14-15)11(16)8-6-7(12)2-3-9(8)13/h2-6H,13H2,1H3. The van der Waals surface area contributed by atoms with E-state index in [1.54, 1.807) is 37.5 Å². The fourth-order valence-electron chi connectivity index (χ4n) is 1.46. The SMILES string of the molecule is Cn1nccc1C(=O)c1cc(Cl)ccc1N. The van der Waals surface area contributed by atoms with Gasteiger partial charge in [-0.3, -0.25) is 9.48 Å². The summed E-state index contributed by atoms with van der Waals surface area (Å²) in [6, 6.07) is 6.47. The van der Waals surface area contributed by atoms with Crippen LogP contribution in [0.3, 0.4) is 0 Å². The Labute approximate surface area is 97.6 Å². The average Bonchev–Trinajstić information content (AvgIpc) is 2.67. The van der Waals surface area contributed by atoms with E-state index in [0.717, 1.165) is 0 Å². The molecule has 0 saturated heterocycles. The Bertz CT molecular complexity index is 548. The van der Waals surface area contributed by atoms with Gasteiger partial charge < -0.3 is 5.73 Å². The number of nitrogens with two attached hydrogens (primary N) is 1. The molecule has 0 aliphatic heterocycles. The van der Waals surface area contributed by atoms with E-state index in [4.69, 9.17) is 17.3 Å². The summed E-state index contributed by atoms with van der Waals surface area (Å²) in [6.45, 7) is 0. The van der Waals surface area contributed by atoms with Crippen LogP contribution in [0, 0.1) is 0 Å². The lowest BCUT2D eigenvalue weighted by Crippen LogP contribution is -2.10. The zero-order chi connectivity index (χ0) is 11.7. The van der Waals surface area contributed by atoms with Gasteiger partial charge in [0.1, 0.15) is 5.69 Å². The van der Waals surface area contributed by atoms with Gasteiger partial charge in [-0.2, -0.15) is 5.10 Å². The summed E-state index contributed by atoms with van der Waals surface area (Å²) in [4.78, 5) is 12.1. The third-order valence-electron chi connectivity index (χ3n) is 2.31. The summed E-state index contributed by atoms with van der Waals surface area (Å²) in [5.41, 5.74) is 7.03. The molecule has 4 nitrogen and oxygen atoms in total. The third kappa shape index (κ3) is 1.79. The van der Waals surface area contributed by atoms with E-state index in [0.29, 0.717) is 22.0 Å². The molecule has 0 spiro atoms. The van der Waals surface area contributed by atoms with Crippen molar-refractivity contribution in [2.45, 2.75) is 0 Å². The number of hydrogen-bond acceptors (Lipinski definition) is 3. The minimum absolute atomic E-state index is 0.181. The van der Waals surface area contributed by atoms with E-state index in [2.05, 4.69) is 5.10 Å². The number of nitrogen functional groups attached to an aromatic ring is 1. The van der Waals surface area contributed by atoms with Crippen LogP contribution in [0.5, 0.6) is 0 Å². The Morgan fingerprint density at radius 3 is 2.81 bits per heavy atom. The highest BCUT2D eigenvalue weighted by Gasteiger charge is 2.15. The number of hydrogen-bond donors (Lipinski definition) is 1. The van der Waals surface area contributed by atoms with Crippen molar-refractivity contribution in [3.8, 4) is 0 Å². The number of aryl methyl sites for hydroxylation is 1. The van der Waals surface area contributed by atoms with Gasteiger partial charge in [-0.25, -0.2) is 0 Å². The molecule has 5 heteroatoms. The molecule has 0 aliphatic carbocycles. The molecule has 2 N–H and O–H groups in total. The molecule has 0 unspecified atom stereocenters. The molecule has 0 fully saturated rings. The van der Waals surface area contributed by atoms with Crippen LogP contribution in [0.2, 0.25) is 5.02 Å². The molecule has 0 atom stereocenters. The van der Waals surface area contributed by atoms with Gasteiger partial charge in [0.25, 0.3) is 0 Å². The fourth-order valence-corrected chi connectivity index (χ4v) is 1.63. The van der Waals surface area contributed by atoms with Gasteiger partial charge >= 0.3 is 0 Å². The van der Waals surface area contributed by atoms with Crippen LogP contribution in [0.15, 0.2) is 30.5 Å². The highest BCUT2D eigenvalue weighted by atomic mass is 35.5. The lowest BCUT2D eigenvalue weighted by atomic mass is 10.1. The highest BCUT2D eigenvalue weighted by Crippen LogP contribution is 2.20. The Morgan fingerprint density at radius 2 is 2.19 bits per heavy atom. The van der Waals surface area contributed by atoms with E-state index in [-0.39, 0.29) is 5.78 Å². The molecule has 2 rings (SSSR count). The average molecular weight is 236 g/mol. The molecular weight excluding hydrogens is 226 g/mol. The number of carbonyl (C=O) groups excluding carboxylic acids is 1. The maximum Gasteiger partial charge on any atom is 0.213 e. The van der Waals surface area contributed by atoms with Crippen LogP contribution < -0.4 is 5.73 Å². The molecule has 0 saturated carbocycles. The van der Waals surface area contributed by atoms with E-state index in [1.807, 2.05) is 0 Å². The minimum Gasteiger partial charge on any atom is -0.398 e. The number of rotatable bonds is 2. The predicted octanol–water partition coefficient (Wildman–Crippen LogP) is 1.89. The maximum atomic E-state index is 12.1. The summed E-state index contributed by atoms with van der Waals surface area (Å²) in [7, 11) is 1.70. The summed E-state index contributed by atoms with van der Waals surface area (Å²) in [5.74, 6) is -0.181. The van der Waals surface area contributed by atoms with Crippen molar-refractivity contribution in [3.63, 3.8) is 0 Å². The molecule has 1 heterocycles. The van der Waals surface area contributed by atoms with Gasteiger partial charge in [-0.05, 0) is 24.3 Å². The number of halogens is 1. The predicted molar refractivity (Wildman–Crippen MR) is 62.5 cm³/mol. The Hall–Kier alpha value is -1.81. The molecule has 16 heavy (non-hydrogen) atoms. The molecule has 2 aromatic rings. The Kier molecular flexibility index (Phi) is 2.66. The summed E-state index contributed by atoms with van der Waals surface area (Å²) < 4.78 is 1.50. The van der Waals surface area contributed by atoms with Gasteiger partial charge in [0, 0.05) is 29.5 Å². The summed E-state index contributed by atoms with van der Waals surface area (Å²) >= 11 is 5.83. The van der Waals surface area contributed by atoms with E-state index in [9.17, 15) is 4.79 Å². The first kappa shape index (κ1) is 10.7. The number of nitrogens with zero attached hydrogens (tertiary/aromatic N) is 2. The highest BCUT2D eigenvalue weighted by molar-refractivity contribution is 6.31. The lowest BCUT2D eigenvalue weighted by Gasteiger charge is -2.05. The van der Waals surface area contributed by atoms with Crippen LogP contribution in [0.25, 0.3) is 0 Å². The van der Waals surface area contributed by atoms with Crippen molar-refractivity contribution in [2.75, 3.05) is 5.73 Å². The van der Waals surface area contributed by atoms with Crippen LogP contribution in [0.4, 0.5) is 5.69 Å². The van der Waals surface area contributed by atoms with Crippen molar-refractivity contribution in [2.24, 2.45) is 7.05 Å². The number of anilines is 1. The monoisotopic (exact) mass is 235 g/mol. The number of carbonyl (C=O) groups is 1. The van der Waals surface area contributed by atoms with E-state index >= 15 is 0 Å². The number of ketones is 1. The summed E-state index contributed by atoms with van der Waals surface area (Å²) in [5, 5.41) is 4.42. The van der Waals surface area contributed by atoms with Crippen LogP contribution >= 0.6 is 11.6 Å². The Balaban J connectivity index is 2.49. The van der Waals surface area contributed by atoms with Gasteiger partial charge in [0.15, 0.2) is 0 Å². The first-order valence-corrected chi connectivity index (χ1v) is 5.05. The smallest absolute Gasteiger partial charge is 0.213 e. The molecule has 0 aliphatic rings. The molecule has 0 radical (unpaired) electrons. The lowest BCUT2D eigenvalue weighted by molar-refractivity contribution is 0.103. The molecule has 82 valence electrons. The normalized spacial score (nSPS) is 10.4. The Morgan fingerprint density at radius 1 is 1.44 bits per heavy atom. The minimum atomic E-state index is -0.181. The second-order valence-electron chi connectivity index (χ2n) is 3.40. The van der Waals surface area contributed by atoms with Crippen molar-refractivity contribution in [1.82, 2.24) is 9.78 Å². The zero-order valence-corrected chi connectivity index (χ0v) is 9.40. The molecular formula is C11H10ClN3O. The first-order valence-electron chi connectivity index (χ1n) is 4.67. The van der Waals surface area contributed by atoms with Crippen molar-refractivity contribution in [1.29, 1.82) is 0 Å². The largest absolute Gasteiger partial charge is 0.398 e. The second-order valence-corrected chi connectivity index (χ2v) is 3.84. The van der Waals surface area contributed by atoms with Gasteiger partial charge in [0.2, 0.25) is 5.78 Å². The number of benzene rings is 1. The van der Waals surface area contributed by atoms with Crippen LogP contribution in [-0.2, 0) is 7.05 Å². The molecule has 1 aromatic carbocycles. The van der Waals surface area contributed by atoms with Gasteiger partial charge in [0.05, 0.1) is 0 Å². The van der Waals surface area contributed by atoms with Crippen molar-refractivity contribution < 1.29 is 4.79 Å². The number of aromatic nitrogens is 2. The van der Waals surface area contributed by atoms with E-state index < -0.39 is 0 Å². The van der Waals surface area contributed by atoms with Crippen LogP contribution in [-0.4, -0.2) is 15.6 Å². The second kappa shape index (κ2) is 3.98. The summed E-state index contributed by atoms with van der Waals surface area (Å²) in [6.07, 6.45) is 1.56. The quantitative estimate of drug-likeness (QED) is 0.639. The van der Waals surface area contributed by atoms with Gasteiger partial charge in [-0.1, -0.05) is 11.6 Å². The maximum absolute atomic E-state index is 12.1. The first-order chi connectivity index (χ1) is 7.59.